The number of methoxy groups -OCH3 is 1. The van der Waals surface area contributed by atoms with Crippen LogP contribution in [0.25, 0.3) is 0 Å². The van der Waals surface area contributed by atoms with E-state index < -0.39 is 8.60 Å². The van der Waals surface area contributed by atoms with Gasteiger partial charge in [-0.2, -0.15) is 0 Å². The smallest absolute Gasteiger partial charge is 0.332 e. The van der Waals surface area contributed by atoms with Gasteiger partial charge in [-0.05, 0) is 19.3 Å². The van der Waals surface area contributed by atoms with Crippen molar-refractivity contribution in [1.29, 1.82) is 0 Å². The van der Waals surface area contributed by atoms with Gasteiger partial charge in [-0.3, -0.25) is 4.79 Å². The summed E-state index contributed by atoms with van der Waals surface area (Å²) < 4.78 is 20.9. The summed E-state index contributed by atoms with van der Waals surface area (Å²) in [4.78, 5) is 9.59. The van der Waals surface area contributed by atoms with Gasteiger partial charge in [0, 0.05) is 0 Å². The van der Waals surface area contributed by atoms with Gasteiger partial charge in [-0.1, -0.05) is 40.0 Å². The molecule has 0 rings (SSSR count). The monoisotopic (exact) mass is 322 g/mol. The highest BCUT2D eigenvalue weighted by molar-refractivity contribution is 7.41. The van der Waals surface area contributed by atoms with E-state index >= 15 is 0 Å². The summed E-state index contributed by atoms with van der Waals surface area (Å²) in [6.45, 7) is 8.71. The number of rotatable bonds is 12. The molecule has 126 valence electrons. The molecule has 0 radical (unpaired) electrons. The Bertz CT molecular complexity index is 196. The zero-order chi connectivity index (χ0) is 16.3. The Morgan fingerprint density at radius 2 is 1.14 bits per heavy atom. The minimum Gasteiger partial charge on any atom is -0.477 e. The SMILES string of the molecule is BC(=O)OC.CCCCOP(OCCCC)OCCCC. The summed E-state index contributed by atoms with van der Waals surface area (Å²) in [6, 6.07) is 0. The van der Waals surface area contributed by atoms with Gasteiger partial charge in [0.25, 0.3) is 0 Å². The molecule has 0 heterocycles. The predicted octanol–water partition coefficient (Wildman–Crippen LogP) is 4.05. The van der Waals surface area contributed by atoms with Crippen molar-refractivity contribution in [3.05, 3.63) is 0 Å². The summed E-state index contributed by atoms with van der Waals surface area (Å²) in [5, 5.41) is 0. The van der Waals surface area contributed by atoms with Crippen molar-refractivity contribution in [2.75, 3.05) is 26.9 Å². The summed E-state index contributed by atoms with van der Waals surface area (Å²) in [5.74, 6) is -0.245. The van der Waals surface area contributed by atoms with Crippen LogP contribution >= 0.6 is 8.60 Å². The van der Waals surface area contributed by atoms with Crippen molar-refractivity contribution < 1.29 is 23.1 Å². The van der Waals surface area contributed by atoms with Gasteiger partial charge < -0.3 is 18.3 Å². The lowest BCUT2D eigenvalue weighted by atomic mass is 10.2. The molecule has 0 aromatic rings. The fourth-order valence-corrected chi connectivity index (χ4v) is 2.02. The first-order chi connectivity index (χ1) is 10.1. The van der Waals surface area contributed by atoms with E-state index in [0.717, 1.165) is 58.3 Å². The fourth-order valence-electron chi connectivity index (χ4n) is 0.962. The van der Waals surface area contributed by atoms with E-state index in [4.69, 9.17) is 13.6 Å². The van der Waals surface area contributed by atoms with Crippen molar-refractivity contribution in [3.63, 3.8) is 0 Å². The Morgan fingerprint density at radius 3 is 1.33 bits per heavy atom. The number of carbonyl (C=O) groups excluding carboxylic acids is 1. The number of ether oxygens (including phenoxy) is 1. The standard InChI is InChI=1S/C12H27O3P.C2H5BO2/c1-4-7-10-13-16(14-11-8-5-2)15-12-9-6-3;1-5-2(3)4/h4-12H2,1-3H3;3H2,1H3. The number of hydrogen-bond donors (Lipinski definition) is 0. The molecule has 0 aromatic carbocycles. The molecule has 0 amide bonds. The first-order valence-corrected chi connectivity index (χ1v) is 8.95. The highest BCUT2D eigenvalue weighted by Gasteiger charge is 2.11. The van der Waals surface area contributed by atoms with Crippen LogP contribution in [-0.2, 0) is 18.3 Å². The maximum absolute atomic E-state index is 9.59. The topological polar surface area (TPSA) is 54.0 Å². The number of carbonyl (C=O) groups is 1. The molecule has 0 aliphatic heterocycles. The van der Waals surface area contributed by atoms with Gasteiger partial charge in [-0.25, -0.2) is 0 Å². The molecule has 0 spiro atoms. The van der Waals surface area contributed by atoms with Gasteiger partial charge in [0.05, 0.1) is 26.9 Å². The minimum atomic E-state index is -1.10. The Hall–Kier alpha value is -0.155. The average Bonchev–Trinajstić information content (AvgIpc) is 2.48. The Morgan fingerprint density at radius 1 is 0.857 bits per heavy atom. The van der Waals surface area contributed by atoms with E-state index in [1.54, 1.807) is 0 Å². The van der Waals surface area contributed by atoms with Crippen LogP contribution < -0.4 is 0 Å². The third-order valence-corrected chi connectivity index (χ3v) is 3.55. The summed E-state index contributed by atoms with van der Waals surface area (Å²) in [7, 11) is 1.62. The molecule has 0 saturated heterocycles. The molecule has 0 aliphatic carbocycles. The van der Waals surface area contributed by atoms with Crippen molar-refractivity contribution in [1.82, 2.24) is 0 Å². The second-order valence-electron chi connectivity index (χ2n) is 4.48. The van der Waals surface area contributed by atoms with Crippen LogP contribution in [0.2, 0.25) is 0 Å². The van der Waals surface area contributed by atoms with Crippen molar-refractivity contribution in [2.45, 2.75) is 59.3 Å². The van der Waals surface area contributed by atoms with Crippen LogP contribution in [0, 0.1) is 0 Å². The fraction of sp³-hybridized carbons (Fsp3) is 0.929. The van der Waals surface area contributed by atoms with Crippen molar-refractivity contribution in [2.24, 2.45) is 0 Å². The van der Waals surface area contributed by atoms with Crippen LogP contribution in [0.3, 0.4) is 0 Å². The second-order valence-corrected chi connectivity index (χ2v) is 5.70. The maximum atomic E-state index is 9.59. The Labute approximate surface area is 132 Å². The zero-order valence-corrected chi connectivity index (χ0v) is 15.2. The van der Waals surface area contributed by atoms with E-state index in [0.29, 0.717) is 0 Å². The predicted molar refractivity (Wildman–Crippen MR) is 90.4 cm³/mol. The molecule has 21 heavy (non-hydrogen) atoms. The Kier molecular flexibility index (Phi) is 21.8. The van der Waals surface area contributed by atoms with Gasteiger partial charge >= 0.3 is 8.60 Å². The van der Waals surface area contributed by atoms with Gasteiger partial charge in [0.2, 0.25) is 13.7 Å². The average molecular weight is 322 g/mol. The van der Waals surface area contributed by atoms with Crippen LogP contribution in [0.15, 0.2) is 0 Å². The van der Waals surface area contributed by atoms with E-state index in [2.05, 4.69) is 25.5 Å². The second kappa shape index (κ2) is 19.8. The lowest BCUT2D eigenvalue weighted by molar-refractivity contribution is 0.155. The molecular formula is C14H32BO5P. The molecule has 5 nitrogen and oxygen atoms in total. The molecule has 0 fully saturated rings. The molecule has 0 bridgehead atoms. The van der Waals surface area contributed by atoms with Gasteiger partial charge in [0.15, 0.2) is 0 Å². The highest BCUT2D eigenvalue weighted by atomic mass is 31.2. The highest BCUT2D eigenvalue weighted by Crippen LogP contribution is 2.40. The van der Waals surface area contributed by atoms with E-state index in [1.807, 2.05) is 0 Å². The van der Waals surface area contributed by atoms with Gasteiger partial charge in [0.1, 0.15) is 0 Å². The lowest BCUT2D eigenvalue weighted by Crippen LogP contribution is -1.99. The normalized spacial score (nSPS) is 10.1. The molecule has 0 unspecified atom stereocenters. The van der Waals surface area contributed by atoms with Crippen LogP contribution in [0.1, 0.15) is 59.3 Å². The van der Waals surface area contributed by atoms with E-state index in [-0.39, 0.29) is 5.87 Å². The third kappa shape index (κ3) is 22.3. The van der Waals surface area contributed by atoms with Gasteiger partial charge in [-0.15, -0.1) is 0 Å². The summed E-state index contributed by atoms with van der Waals surface area (Å²) in [6.07, 6.45) is 6.67. The van der Waals surface area contributed by atoms with E-state index in [9.17, 15) is 4.79 Å². The molecular weight excluding hydrogens is 290 g/mol. The first kappa shape index (κ1) is 23.1. The number of unbranched alkanes of at least 4 members (excludes halogenated alkanes) is 3. The van der Waals surface area contributed by atoms with Crippen molar-refractivity contribution in [3.8, 4) is 0 Å². The van der Waals surface area contributed by atoms with Crippen molar-refractivity contribution >= 4 is 22.3 Å². The largest absolute Gasteiger partial charge is 0.477 e. The summed E-state index contributed by atoms with van der Waals surface area (Å²) >= 11 is 0. The third-order valence-electron chi connectivity index (χ3n) is 2.37. The molecule has 0 atom stereocenters. The molecule has 0 N–H and O–H groups in total. The first-order valence-electron chi connectivity index (χ1n) is 7.85. The quantitative estimate of drug-likeness (QED) is 0.308. The summed E-state index contributed by atoms with van der Waals surface area (Å²) in [5.41, 5.74) is 0. The molecule has 0 saturated carbocycles. The Balaban J connectivity index is 0. The molecule has 0 aliphatic rings. The lowest BCUT2D eigenvalue weighted by Gasteiger charge is -2.16. The van der Waals surface area contributed by atoms with Crippen LogP contribution in [0.4, 0.5) is 4.79 Å². The van der Waals surface area contributed by atoms with E-state index in [1.165, 1.54) is 15.0 Å². The molecule has 0 aromatic heterocycles. The number of hydrogen-bond acceptors (Lipinski definition) is 5. The van der Waals surface area contributed by atoms with Crippen LogP contribution in [0.5, 0.6) is 0 Å². The maximum Gasteiger partial charge on any atom is 0.332 e. The zero-order valence-electron chi connectivity index (χ0n) is 14.4. The minimum absolute atomic E-state index is 0.245. The molecule has 7 heteroatoms. The van der Waals surface area contributed by atoms with Crippen LogP contribution in [-0.4, -0.2) is 40.6 Å².